The first-order chi connectivity index (χ1) is 5.49. The van der Waals surface area contributed by atoms with Crippen LogP contribution in [-0.4, -0.2) is 15.8 Å². The zero-order valence-corrected chi connectivity index (χ0v) is 7.66. The minimum atomic E-state index is -0.263. The van der Waals surface area contributed by atoms with Gasteiger partial charge in [0.15, 0.2) is 0 Å². The van der Waals surface area contributed by atoms with Crippen LogP contribution in [0.15, 0.2) is 16.6 Å². The molecule has 0 aromatic rings. The highest BCUT2D eigenvalue weighted by Gasteiger charge is 2.35. The maximum absolute atomic E-state index is 10.2. The Morgan fingerprint density at radius 3 is 2.58 bits per heavy atom. The lowest BCUT2D eigenvalue weighted by atomic mass is 10.0. The summed E-state index contributed by atoms with van der Waals surface area (Å²) in [5.41, 5.74) is 0.763. The number of hydroxylamine groups is 2. The van der Waals surface area contributed by atoms with Crippen LogP contribution in [0.4, 0.5) is 0 Å². The summed E-state index contributed by atoms with van der Waals surface area (Å²) in [6, 6.07) is 0. The Balaban J connectivity index is 2.94. The summed E-state index contributed by atoms with van der Waals surface area (Å²) in [6.07, 6.45) is 1.58. The highest BCUT2D eigenvalue weighted by atomic mass is 16.5. The van der Waals surface area contributed by atoms with Gasteiger partial charge in [0.05, 0.1) is 11.2 Å². The van der Waals surface area contributed by atoms with E-state index in [1.54, 1.807) is 6.92 Å². The highest BCUT2D eigenvalue weighted by molar-refractivity contribution is 5.15. The molecule has 0 saturated carbocycles. The van der Waals surface area contributed by atoms with Gasteiger partial charge in [-0.15, -0.1) is 4.91 Å². The molecule has 0 bridgehead atoms. The van der Waals surface area contributed by atoms with Gasteiger partial charge < -0.3 is 0 Å². The van der Waals surface area contributed by atoms with E-state index in [1.165, 1.54) is 0 Å². The molecule has 0 atom stereocenters. The fourth-order valence-electron chi connectivity index (χ4n) is 1.39. The van der Waals surface area contributed by atoms with Crippen LogP contribution in [0.2, 0.25) is 0 Å². The molecule has 1 N–H and O–H groups in total. The first kappa shape index (κ1) is 9.19. The van der Waals surface area contributed by atoms with Crippen LogP contribution in [0.3, 0.4) is 0 Å². The topological polar surface area (TPSA) is 52.9 Å². The Kier molecular flexibility index (Phi) is 2.19. The quantitative estimate of drug-likeness (QED) is 0.614. The normalized spacial score (nSPS) is 25.8. The van der Waals surface area contributed by atoms with Crippen LogP contribution in [0.5, 0.6) is 0 Å². The molecule has 1 fully saturated rings. The lowest BCUT2D eigenvalue weighted by Gasteiger charge is -2.27. The van der Waals surface area contributed by atoms with Gasteiger partial charge in [-0.25, -0.2) is 0 Å². The van der Waals surface area contributed by atoms with Gasteiger partial charge in [0.25, 0.3) is 0 Å². The minimum absolute atomic E-state index is 0.263. The predicted octanol–water partition coefficient (Wildman–Crippen LogP) is 2.25. The van der Waals surface area contributed by atoms with Gasteiger partial charge in [0, 0.05) is 0 Å². The average Bonchev–Trinajstić information content (AvgIpc) is 2.27. The van der Waals surface area contributed by atoms with Gasteiger partial charge in [-0.3, -0.25) is 10.3 Å². The highest BCUT2D eigenvalue weighted by Crippen LogP contribution is 2.35. The van der Waals surface area contributed by atoms with Crippen molar-refractivity contribution in [1.82, 2.24) is 5.06 Å². The van der Waals surface area contributed by atoms with E-state index in [9.17, 15) is 10.1 Å². The van der Waals surface area contributed by atoms with Gasteiger partial charge in [-0.1, -0.05) is 0 Å². The largest absolute Gasteiger partial charge is 0.288 e. The van der Waals surface area contributed by atoms with Gasteiger partial charge in [0.2, 0.25) is 0 Å². The van der Waals surface area contributed by atoms with Crippen LogP contribution < -0.4 is 0 Å². The van der Waals surface area contributed by atoms with E-state index in [1.807, 2.05) is 13.8 Å². The number of allylic oxidation sites excluding steroid dienone is 2. The van der Waals surface area contributed by atoms with Crippen LogP contribution in [0.1, 0.15) is 33.6 Å². The van der Waals surface area contributed by atoms with Crippen molar-refractivity contribution >= 4 is 0 Å². The second-order valence-corrected chi connectivity index (χ2v) is 3.75. The van der Waals surface area contributed by atoms with Crippen molar-refractivity contribution in [3.63, 3.8) is 0 Å². The van der Waals surface area contributed by atoms with Gasteiger partial charge in [0.1, 0.15) is 5.70 Å². The van der Waals surface area contributed by atoms with Crippen molar-refractivity contribution in [2.75, 3.05) is 0 Å². The third-order valence-corrected chi connectivity index (χ3v) is 2.36. The SMILES string of the molecule is CC(N=O)=C1CCC(C)(C)N1O. The summed E-state index contributed by atoms with van der Waals surface area (Å²) in [7, 11) is 0. The maximum Gasteiger partial charge on any atom is 0.103 e. The lowest BCUT2D eigenvalue weighted by molar-refractivity contribution is -0.111. The Hall–Kier alpha value is -0.900. The van der Waals surface area contributed by atoms with E-state index in [4.69, 9.17) is 0 Å². The molecule has 0 aromatic carbocycles. The molecule has 0 radical (unpaired) electrons. The Bertz CT molecular complexity index is 233. The Morgan fingerprint density at radius 1 is 1.67 bits per heavy atom. The van der Waals surface area contributed by atoms with Gasteiger partial charge in [-0.05, 0) is 38.8 Å². The summed E-state index contributed by atoms with van der Waals surface area (Å²) < 4.78 is 0. The number of hydrogen-bond acceptors (Lipinski definition) is 4. The molecule has 4 nitrogen and oxygen atoms in total. The molecule has 1 aliphatic heterocycles. The van der Waals surface area contributed by atoms with E-state index < -0.39 is 0 Å². The first-order valence-electron chi connectivity index (χ1n) is 4.01. The van der Waals surface area contributed by atoms with Crippen molar-refractivity contribution in [3.05, 3.63) is 16.3 Å². The van der Waals surface area contributed by atoms with E-state index in [0.29, 0.717) is 11.4 Å². The smallest absolute Gasteiger partial charge is 0.103 e. The van der Waals surface area contributed by atoms with Crippen molar-refractivity contribution in [2.24, 2.45) is 5.18 Å². The summed E-state index contributed by atoms with van der Waals surface area (Å²) >= 11 is 0. The summed E-state index contributed by atoms with van der Waals surface area (Å²) in [5.74, 6) is 0. The van der Waals surface area contributed by atoms with Crippen molar-refractivity contribution < 1.29 is 5.21 Å². The molecule has 0 spiro atoms. The molecule has 0 unspecified atom stereocenters. The summed E-state index contributed by atoms with van der Waals surface area (Å²) in [4.78, 5) is 10.2. The molecular weight excluding hydrogens is 156 g/mol. The van der Waals surface area contributed by atoms with E-state index in [0.717, 1.165) is 17.9 Å². The standard InChI is InChI=1S/C8H14N2O2/c1-6(9-11)7-4-5-8(2,3)10(7)12/h12H,4-5H2,1-3H3. The third kappa shape index (κ3) is 1.34. The molecule has 1 heterocycles. The zero-order valence-electron chi connectivity index (χ0n) is 7.66. The Labute approximate surface area is 71.8 Å². The fourth-order valence-corrected chi connectivity index (χ4v) is 1.39. The molecule has 1 aliphatic rings. The summed E-state index contributed by atoms with van der Waals surface area (Å²) in [6.45, 7) is 5.48. The van der Waals surface area contributed by atoms with Crippen LogP contribution in [0, 0.1) is 4.91 Å². The lowest BCUT2D eigenvalue weighted by Crippen LogP contribution is -2.34. The van der Waals surface area contributed by atoms with E-state index in [-0.39, 0.29) is 5.54 Å². The van der Waals surface area contributed by atoms with Gasteiger partial charge >= 0.3 is 0 Å². The third-order valence-electron chi connectivity index (χ3n) is 2.36. The maximum atomic E-state index is 10.2. The monoisotopic (exact) mass is 170 g/mol. The van der Waals surface area contributed by atoms with E-state index in [2.05, 4.69) is 5.18 Å². The van der Waals surface area contributed by atoms with Crippen LogP contribution >= 0.6 is 0 Å². The zero-order chi connectivity index (χ0) is 9.35. The fraction of sp³-hybridized carbons (Fsp3) is 0.750. The van der Waals surface area contributed by atoms with Crippen molar-refractivity contribution in [2.45, 2.75) is 39.2 Å². The molecule has 1 rings (SSSR count). The number of hydrogen-bond donors (Lipinski definition) is 1. The van der Waals surface area contributed by atoms with Crippen LogP contribution in [-0.2, 0) is 0 Å². The van der Waals surface area contributed by atoms with Crippen LogP contribution in [0.25, 0.3) is 0 Å². The average molecular weight is 170 g/mol. The molecular formula is C8H14N2O2. The summed E-state index contributed by atoms with van der Waals surface area (Å²) in [5, 5.41) is 13.6. The predicted molar refractivity (Wildman–Crippen MR) is 45.4 cm³/mol. The Morgan fingerprint density at radius 2 is 2.25 bits per heavy atom. The molecule has 68 valence electrons. The first-order valence-corrected chi connectivity index (χ1v) is 4.01. The van der Waals surface area contributed by atoms with E-state index >= 15 is 0 Å². The number of rotatable bonds is 1. The van der Waals surface area contributed by atoms with Crippen molar-refractivity contribution in [3.8, 4) is 0 Å². The number of nitrogens with zero attached hydrogens (tertiary/aromatic N) is 2. The van der Waals surface area contributed by atoms with Crippen molar-refractivity contribution in [1.29, 1.82) is 0 Å². The van der Waals surface area contributed by atoms with Gasteiger partial charge in [-0.2, -0.15) is 0 Å². The molecule has 0 aliphatic carbocycles. The minimum Gasteiger partial charge on any atom is -0.288 e. The molecule has 12 heavy (non-hydrogen) atoms. The number of nitroso groups, excluding NO2 is 1. The second-order valence-electron chi connectivity index (χ2n) is 3.75. The molecule has 0 aromatic heterocycles. The molecule has 4 heteroatoms. The molecule has 0 amide bonds. The molecule has 1 saturated heterocycles. The second kappa shape index (κ2) is 2.86.